The van der Waals surface area contributed by atoms with Crippen LogP contribution in [0, 0.1) is 13.8 Å². The Morgan fingerprint density at radius 3 is 1.29 bits per heavy atom. The average Bonchev–Trinajstić information content (AvgIpc) is 3.36. The molecule has 10 heteroatoms. The molecule has 0 amide bonds. The number of halogens is 2. The molecule has 0 radical (unpaired) electrons. The monoisotopic (exact) mass is 544 g/mol. The van der Waals surface area contributed by atoms with Crippen molar-refractivity contribution in [3.05, 3.63) is 126 Å². The zero-order chi connectivity index (χ0) is 26.8. The van der Waals surface area contributed by atoms with Crippen molar-refractivity contribution in [2.75, 3.05) is 0 Å². The standard InChI is InChI=1S/C28H22Cl2N6O2/c1-17-25(27(37)35(33-17)23-11-3-19(29)4-12-23)15-31-21-7-9-22(10-8-21)32-16-26-18(2)34-36(28(26)38)24-13-5-20(30)6-14-24/h3-16,33-34H,1-2H3. The quantitative estimate of drug-likeness (QED) is 0.253. The van der Waals surface area contributed by atoms with Gasteiger partial charge in [-0.2, -0.15) is 0 Å². The first-order valence-corrected chi connectivity index (χ1v) is 12.4. The smallest absolute Gasteiger partial charge is 0.280 e. The van der Waals surface area contributed by atoms with Gasteiger partial charge in [0.15, 0.2) is 0 Å². The Bertz CT molecular complexity index is 1640. The number of aliphatic imine (C=N–C) groups is 2. The van der Waals surface area contributed by atoms with Gasteiger partial charge < -0.3 is 0 Å². The summed E-state index contributed by atoms with van der Waals surface area (Å²) in [6, 6.07) is 21.1. The Labute approximate surface area is 227 Å². The third-order valence-electron chi connectivity index (χ3n) is 5.94. The van der Waals surface area contributed by atoms with E-state index in [2.05, 4.69) is 20.2 Å². The maximum Gasteiger partial charge on any atom is 0.280 e. The van der Waals surface area contributed by atoms with Gasteiger partial charge in [0.25, 0.3) is 11.1 Å². The molecule has 2 N–H and O–H groups in total. The number of hydrogen-bond donors (Lipinski definition) is 2. The number of nitrogens with one attached hydrogen (secondary N) is 2. The molecular formula is C28H22Cl2N6O2. The van der Waals surface area contributed by atoms with Crippen LogP contribution in [0.3, 0.4) is 0 Å². The van der Waals surface area contributed by atoms with E-state index in [1.807, 2.05) is 13.8 Å². The maximum absolute atomic E-state index is 12.9. The Hall–Kier alpha value is -4.40. The van der Waals surface area contributed by atoms with Crippen molar-refractivity contribution in [2.45, 2.75) is 13.8 Å². The lowest BCUT2D eigenvalue weighted by atomic mass is 10.2. The number of aryl methyl sites for hydroxylation is 2. The fourth-order valence-corrected chi connectivity index (χ4v) is 4.12. The highest BCUT2D eigenvalue weighted by molar-refractivity contribution is 6.30. The summed E-state index contributed by atoms with van der Waals surface area (Å²) in [5, 5.41) is 7.32. The lowest BCUT2D eigenvalue weighted by Gasteiger charge is -2.00. The summed E-state index contributed by atoms with van der Waals surface area (Å²) in [5.41, 5.74) is 4.58. The number of aromatic nitrogens is 4. The molecule has 0 atom stereocenters. The highest BCUT2D eigenvalue weighted by Crippen LogP contribution is 2.19. The highest BCUT2D eigenvalue weighted by Gasteiger charge is 2.12. The number of hydrogen-bond acceptors (Lipinski definition) is 4. The molecule has 190 valence electrons. The van der Waals surface area contributed by atoms with Gasteiger partial charge in [-0.15, -0.1) is 0 Å². The third kappa shape index (κ3) is 5.18. The van der Waals surface area contributed by atoms with Gasteiger partial charge in [-0.25, -0.2) is 9.36 Å². The molecular weight excluding hydrogens is 523 g/mol. The second-order valence-electron chi connectivity index (χ2n) is 8.57. The number of rotatable bonds is 6. The molecule has 8 nitrogen and oxygen atoms in total. The SMILES string of the molecule is Cc1[nH]n(-c2ccc(Cl)cc2)c(=O)c1C=Nc1ccc(N=Cc2c(C)[nH]n(-c3ccc(Cl)cc3)c2=O)cc1. The minimum Gasteiger partial charge on any atom is -0.295 e. The van der Waals surface area contributed by atoms with E-state index >= 15 is 0 Å². The van der Waals surface area contributed by atoms with Crippen LogP contribution in [0.1, 0.15) is 22.5 Å². The van der Waals surface area contributed by atoms with Crippen LogP contribution in [0.15, 0.2) is 92.4 Å². The molecule has 0 unspecified atom stereocenters. The molecule has 0 aliphatic carbocycles. The van der Waals surface area contributed by atoms with Gasteiger partial charge >= 0.3 is 0 Å². The predicted octanol–water partition coefficient (Wildman–Crippen LogP) is 6.07. The van der Waals surface area contributed by atoms with E-state index in [4.69, 9.17) is 23.2 Å². The predicted molar refractivity (Wildman–Crippen MR) is 153 cm³/mol. The van der Waals surface area contributed by atoms with Crippen LogP contribution < -0.4 is 11.1 Å². The molecule has 0 fully saturated rings. The van der Waals surface area contributed by atoms with Crippen molar-refractivity contribution < 1.29 is 0 Å². The van der Waals surface area contributed by atoms with E-state index in [1.54, 1.807) is 85.2 Å². The number of aromatic amines is 2. The lowest BCUT2D eigenvalue weighted by molar-refractivity contribution is 0.835. The average molecular weight is 545 g/mol. The summed E-state index contributed by atoms with van der Waals surface area (Å²) in [4.78, 5) is 34.7. The van der Waals surface area contributed by atoms with Gasteiger partial charge in [-0.05, 0) is 86.6 Å². The van der Waals surface area contributed by atoms with Gasteiger partial charge in [-0.1, -0.05) is 23.2 Å². The molecule has 2 heterocycles. The van der Waals surface area contributed by atoms with E-state index in [0.29, 0.717) is 55.3 Å². The van der Waals surface area contributed by atoms with E-state index in [-0.39, 0.29) is 11.1 Å². The number of benzene rings is 3. The van der Waals surface area contributed by atoms with Crippen molar-refractivity contribution in [2.24, 2.45) is 9.98 Å². The van der Waals surface area contributed by atoms with Gasteiger partial charge in [0, 0.05) is 33.9 Å². The third-order valence-corrected chi connectivity index (χ3v) is 6.44. The van der Waals surface area contributed by atoms with Crippen LogP contribution in [-0.2, 0) is 0 Å². The van der Waals surface area contributed by atoms with Crippen molar-refractivity contribution in [1.29, 1.82) is 0 Å². The summed E-state index contributed by atoms with van der Waals surface area (Å²) in [6.07, 6.45) is 3.09. The topological polar surface area (TPSA) is 100 Å². The summed E-state index contributed by atoms with van der Waals surface area (Å²) >= 11 is 11.9. The van der Waals surface area contributed by atoms with E-state index in [1.165, 1.54) is 9.36 Å². The molecule has 3 aromatic carbocycles. The molecule has 5 aromatic rings. The van der Waals surface area contributed by atoms with E-state index in [9.17, 15) is 9.59 Å². The largest absolute Gasteiger partial charge is 0.295 e. The highest BCUT2D eigenvalue weighted by atomic mass is 35.5. The summed E-state index contributed by atoms with van der Waals surface area (Å²) in [6.45, 7) is 3.63. The fraction of sp³-hybridized carbons (Fsp3) is 0.0714. The van der Waals surface area contributed by atoms with E-state index in [0.717, 1.165) is 0 Å². The second-order valence-corrected chi connectivity index (χ2v) is 9.44. The van der Waals surface area contributed by atoms with Gasteiger partial charge in [0.05, 0.1) is 33.9 Å². The first-order chi connectivity index (χ1) is 18.3. The van der Waals surface area contributed by atoms with Crippen LogP contribution >= 0.6 is 23.2 Å². The van der Waals surface area contributed by atoms with Crippen molar-refractivity contribution >= 4 is 47.0 Å². The molecule has 38 heavy (non-hydrogen) atoms. The van der Waals surface area contributed by atoms with Crippen LogP contribution in [0.5, 0.6) is 0 Å². The normalized spacial score (nSPS) is 11.7. The van der Waals surface area contributed by atoms with Crippen LogP contribution in [0.25, 0.3) is 11.4 Å². The van der Waals surface area contributed by atoms with Gasteiger partial charge in [0.1, 0.15) is 0 Å². The summed E-state index contributed by atoms with van der Waals surface area (Å²) in [5.74, 6) is 0. The molecule has 0 aliphatic heterocycles. The molecule has 0 bridgehead atoms. The van der Waals surface area contributed by atoms with E-state index < -0.39 is 0 Å². The zero-order valence-corrected chi connectivity index (χ0v) is 22.0. The minimum absolute atomic E-state index is 0.207. The Morgan fingerprint density at radius 1 is 0.605 bits per heavy atom. The van der Waals surface area contributed by atoms with Crippen LogP contribution in [0.4, 0.5) is 11.4 Å². The molecule has 0 aliphatic rings. The zero-order valence-electron chi connectivity index (χ0n) is 20.4. The molecule has 0 spiro atoms. The number of nitrogens with zero attached hydrogens (tertiary/aromatic N) is 4. The van der Waals surface area contributed by atoms with Crippen LogP contribution in [0.2, 0.25) is 10.0 Å². The van der Waals surface area contributed by atoms with Crippen molar-refractivity contribution in [1.82, 2.24) is 19.6 Å². The molecule has 0 saturated carbocycles. The summed E-state index contributed by atoms with van der Waals surface area (Å²) < 4.78 is 2.91. The second kappa shape index (κ2) is 10.5. The minimum atomic E-state index is -0.207. The van der Waals surface area contributed by atoms with Gasteiger partial charge in [-0.3, -0.25) is 29.8 Å². The Balaban J connectivity index is 1.33. The van der Waals surface area contributed by atoms with Crippen molar-refractivity contribution in [3.8, 4) is 11.4 Å². The van der Waals surface area contributed by atoms with Crippen LogP contribution in [-0.4, -0.2) is 32.0 Å². The van der Waals surface area contributed by atoms with Gasteiger partial charge in [0.2, 0.25) is 0 Å². The first kappa shape index (κ1) is 25.3. The molecule has 0 saturated heterocycles. The van der Waals surface area contributed by atoms with Crippen molar-refractivity contribution in [3.63, 3.8) is 0 Å². The fourth-order valence-electron chi connectivity index (χ4n) is 3.87. The molecule has 5 rings (SSSR count). The Morgan fingerprint density at radius 2 is 0.947 bits per heavy atom. The molecule has 2 aromatic heterocycles. The first-order valence-electron chi connectivity index (χ1n) is 11.6. The number of H-pyrrole nitrogens is 2. The lowest BCUT2D eigenvalue weighted by Crippen LogP contribution is -2.17. The maximum atomic E-state index is 12.9. The summed E-state index contributed by atoms with van der Waals surface area (Å²) in [7, 11) is 0. The Kier molecular flexibility index (Phi) is 7.00.